The second-order valence-corrected chi connectivity index (χ2v) is 6.17. The second kappa shape index (κ2) is 4.97. The number of ether oxygens (including phenoxy) is 1. The summed E-state index contributed by atoms with van der Waals surface area (Å²) in [6.45, 7) is 1.73. The quantitative estimate of drug-likeness (QED) is 0.928. The Balaban J connectivity index is 1.85. The Morgan fingerprint density at radius 1 is 1.53 bits per heavy atom. The minimum atomic E-state index is 0.0451. The molecule has 3 heterocycles. The summed E-state index contributed by atoms with van der Waals surface area (Å²) >= 11 is 3.38. The van der Waals surface area contributed by atoms with E-state index >= 15 is 0 Å². The van der Waals surface area contributed by atoms with Crippen molar-refractivity contribution in [1.82, 2.24) is 9.38 Å². The van der Waals surface area contributed by atoms with Crippen LogP contribution in [-0.2, 0) is 11.3 Å². The van der Waals surface area contributed by atoms with Crippen molar-refractivity contribution in [2.24, 2.45) is 0 Å². The Morgan fingerprint density at radius 3 is 3.12 bits per heavy atom. The van der Waals surface area contributed by atoms with E-state index in [0.717, 1.165) is 41.7 Å². The van der Waals surface area contributed by atoms with Crippen LogP contribution in [0.5, 0.6) is 0 Å². The molecule has 0 amide bonds. The fourth-order valence-electron chi connectivity index (χ4n) is 2.00. The average molecular weight is 270 g/mol. The first-order chi connectivity index (χ1) is 8.38. The maximum absolute atomic E-state index is 9.46. The molecule has 0 bridgehead atoms. The van der Waals surface area contributed by atoms with Crippen LogP contribution in [0.25, 0.3) is 4.96 Å². The zero-order valence-electron chi connectivity index (χ0n) is 9.33. The number of hydrogen-bond acceptors (Lipinski definition) is 5. The van der Waals surface area contributed by atoms with Crippen molar-refractivity contribution in [3.05, 3.63) is 17.3 Å². The number of aliphatic hydroxyl groups is 1. The molecular weight excluding hydrogens is 256 g/mol. The van der Waals surface area contributed by atoms with E-state index in [1.165, 1.54) is 0 Å². The fraction of sp³-hybridized carbons (Fsp3) is 0.545. The summed E-state index contributed by atoms with van der Waals surface area (Å²) in [5, 5.41) is 13.0. The largest absolute Gasteiger partial charge is 0.390 e. The number of aromatic nitrogens is 2. The molecule has 1 aliphatic heterocycles. The molecule has 4 nitrogen and oxygen atoms in total. The van der Waals surface area contributed by atoms with Gasteiger partial charge in [0.2, 0.25) is 0 Å². The standard InChI is InChI=1S/C11H14N2O2S2/c14-7-9-10(12-11-13(9)3-6-16-11)17-8-1-4-15-5-2-8/h3,6,8,14H,1-2,4-5,7H2. The first-order valence-electron chi connectivity index (χ1n) is 5.68. The van der Waals surface area contributed by atoms with E-state index in [4.69, 9.17) is 4.74 Å². The molecule has 3 rings (SSSR count). The third kappa shape index (κ3) is 2.22. The van der Waals surface area contributed by atoms with Gasteiger partial charge in [0.1, 0.15) is 5.03 Å². The molecule has 1 N–H and O–H groups in total. The van der Waals surface area contributed by atoms with Crippen molar-refractivity contribution in [2.75, 3.05) is 13.2 Å². The molecule has 2 aromatic rings. The highest BCUT2D eigenvalue weighted by Crippen LogP contribution is 2.33. The van der Waals surface area contributed by atoms with E-state index in [1.807, 2.05) is 16.0 Å². The van der Waals surface area contributed by atoms with Gasteiger partial charge in [0, 0.05) is 30.0 Å². The number of thioether (sulfide) groups is 1. The van der Waals surface area contributed by atoms with Crippen molar-refractivity contribution in [1.29, 1.82) is 0 Å². The average Bonchev–Trinajstić information content (AvgIpc) is 2.90. The maximum Gasteiger partial charge on any atom is 0.195 e. The molecule has 6 heteroatoms. The summed E-state index contributed by atoms with van der Waals surface area (Å²) in [4.78, 5) is 5.54. The Kier molecular flexibility index (Phi) is 3.37. The number of fused-ring (bicyclic) bond motifs is 1. The van der Waals surface area contributed by atoms with E-state index in [0.29, 0.717) is 5.25 Å². The van der Waals surface area contributed by atoms with Crippen molar-refractivity contribution >= 4 is 28.1 Å². The van der Waals surface area contributed by atoms with Crippen LogP contribution in [0, 0.1) is 0 Å². The van der Waals surface area contributed by atoms with Crippen LogP contribution < -0.4 is 0 Å². The SMILES string of the molecule is OCc1c(SC2CCOCC2)nc2sccn12. The lowest BCUT2D eigenvalue weighted by Gasteiger charge is -2.20. The summed E-state index contributed by atoms with van der Waals surface area (Å²) in [7, 11) is 0. The first kappa shape index (κ1) is 11.5. The van der Waals surface area contributed by atoms with Gasteiger partial charge >= 0.3 is 0 Å². The topological polar surface area (TPSA) is 46.8 Å². The molecule has 1 saturated heterocycles. The van der Waals surface area contributed by atoms with Gasteiger partial charge in [0.15, 0.2) is 4.96 Å². The van der Waals surface area contributed by atoms with Gasteiger partial charge in [-0.15, -0.1) is 23.1 Å². The molecular formula is C11H14N2O2S2. The predicted octanol–water partition coefficient (Wildman–Crippen LogP) is 2.16. The summed E-state index contributed by atoms with van der Waals surface area (Å²) in [5.74, 6) is 0. The highest BCUT2D eigenvalue weighted by molar-refractivity contribution is 7.99. The Bertz CT molecular complexity index is 503. The number of aliphatic hydroxyl groups excluding tert-OH is 1. The molecule has 0 radical (unpaired) electrons. The molecule has 0 unspecified atom stereocenters. The zero-order valence-corrected chi connectivity index (χ0v) is 11.0. The van der Waals surface area contributed by atoms with Crippen LogP contribution in [-0.4, -0.2) is 33.0 Å². The molecule has 0 aliphatic carbocycles. The van der Waals surface area contributed by atoms with Gasteiger partial charge in [-0.05, 0) is 12.8 Å². The van der Waals surface area contributed by atoms with Crippen LogP contribution in [0.15, 0.2) is 16.6 Å². The van der Waals surface area contributed by atoms with Gasteiger partial charge in [-0.1, -0.05) is 0 Å². The van der Waals surface area contributed by atoms with Crippen molar-refractivity contribution in [2.45, 2.75) is 29.7 Å². The Labute approximate surface area is 108 Å². The van der Waals surface area contributed by atoms with E-state index in [-0.39, 0.29) is 6.61 Å². The summed E-state index contributed by atoms with van der Waals surface area (Å²) < 4.78 is 7.33. The molecule has 0 saturated carbocycles. The maximum atomic E-state index is 9.46. The molecule has 0 spiro atoms. The molecule has 2 aromatic heterocycles. The molecule has 0 atom stereocenters. The highest BCUT2D eigenvalue weighted by atomic mass is 32.2. The molecule has 17 heavy (non-hydrogen) atoms. The first-order valence-corrected chi connectivity index (χ1v) is 7.44. The van der Waals surface area contributed by atoms with E-state index < -0.39 is 0 Å². The molecule has 1 fully saturated rings. The second-order valence-electron chi connectivity index (χ2n) is 4.01. The van der Waals surface area contributed by atoms with Crippen LogP contribution in [0.3, 0.4) is 0 Å². The lowest BCUT2D eigenvalue weighted by atomic mass is 10.2. The molecule has 1 aliphatic rings. The third-order valence-electron chi connectivity index (χ3n) is 2.92. The molecule has 92 valence electrons. The van der Waals surface area contributed by atoms with Crippen molar-refractivity contribution < 1.29 is 9.84 Å². The van der Waals surface area contributed by atoms with Crippen LogP contribution in [0.1, 0.15) is 18.5 Å². The van der Waals surface area contributed by atoms with Crippen molar-refractivity contribution in [3.8, 4) is 0 Å². The lowest BCUT2D eigenvalue weighted by molar-refractivity contribution is 0.1000. The van der Waals surface area contributed by atoms with Gasteiger partial charge in [0.25, 0.3) is 0 Å². The third-order valence-corrected chi connectivity index (χ3v) is 5.03. The van der Waals surface area contributed by atoms with E-state index in [2.05, 4.69) is 4.98 Å². The zero-order chi connectivity index (χ0) is 11.7. The predicted molar refractivity (Wildman–Crippen MR) is 68.7 cm³/mol. The number of rotatable bonds is 3. The molecule has 0 aromatic carbocycles. The normalized spacial score (nSPS) is 17.9. The van der Waals surface area contributed by atoms with Crippen LogP contribution >= 0.6 is 23.1 Å². The van der Waals surface area contributed by atoms with E-state index in [1.54, 1.807) is 23.1 Å². The van der Waals surface area contributed by atoms with Gasteiger partial charge in [-0.2, -0.15) is 0 Å². The number of hydrogen-bond donors (Lipinski definition) is 1. The monoisotopic (exact) mass is 270 g/mol. The number of nitrogens with zero attached hydrogens (tertiary/aromatic N) is 2. The Morgan fingerprint density at radius 2 is 2.35 bits per heavy atom. The van der Waals surface area contributed by atoms with Gasteiger partial charge < -0.3 is 9.84 Å². The smallest absolute Gasteiger partial charge is 0.195 e. The summed E-state index contributed by atoms with van der Waals surface area (Å²) in [6.07, 6.45) is 4.11. The van der Waals surface area contributed by atoms with Gasteiger partial charge in [-0.3, -0.25) is 4.40 Å². The fourth-order valence-corrected chi connectivity index (χ4v) is 3.98. The minimum Gasteiger partial charge on any atom is -0.390 e. The van der Waals surface area contributed by atoms with Gasteiger partial charge in [0.05, 0.1) is 12.3 Å². The number of imidazole rings is 1. The summed E-state index contributed by atoms with van der Waals surface area (Å²) in [5.41, 5.74) is 0.915. The Hall–Kier alpha value is -0.560. The van der Waals surface area contributed by atoms with Gasteiger partial charge in [-0.25, -0.2) is 4.98 Å². The van der Waals surface area contributed by atoms with E-state index in [9.17, 15) is 5.11 Å². The van der Waals surface area contributed by atoms with Crippen LogP contribution in [0.4, 0.5) is 0 Å². The van der Waals surface area contributed by atoms with Crippen LogP contribution in [0.2, 0.25) is 0 Å². The summed E-state index contributed by atoms with van der Waals surface area (Å²) in [6, 6.07) is 0. The number of thiazole rings is 1. The van der Waals surface area contributed by atoms with Crippen molar-refractivity contribution in [3.63, 3.8) is 0 Å². The highest BCUT2D eigenvalue weighted by Gasteiger charge is 2.20. The minimum absolute atomic E-state index is 0.0451. The lowest BCUT2D eigenvalue weighted by Crippen LogP contribution is -2.17.